The van der Waals surface area contributed by atoms with Crippen LogP contribution in [0.2, 0.25) is 0 Å². The highest BCUT2D eigenvalue weighted by atomic mass is 16.5. The second-order valence-corrected chi connectivity index (χ2v) is 2.15. The molecule has 0 aromatic carbocycles. The molecule has 3 heteroatoms. The molecule has 0 rings (SSSR count). The van der Waals surface area contributed by atoms with E-state index in [4.69, 9.17) is 10.5 Å². The molecule has 0 saturated carbocycles. The lowest BCUT2D eigenvalue weighted by Gasteiger charge is -1.99. The van der Waals surface area contributed by atoms with Crippen molar-refractivity contribution in [2.45, 2.75) is 19.9 Å². The van der Waals surface area contributed by atoms with Gasteiger partial charge in [0.25, 0.3) is 0 Å². The van der Waals surface area contributed by atoms with E-state index in [1.54, 1.807) is 7.11 Å². The topological polar surface area (TPSA) is 47.6 Å². The summed E-state index contributed by atoms with van der Waals surface area (Å²) in [7, 11) is 1.60. The fourth-order valence-corrected chi connectivity index (χ4v) is 0.517. The van der Waals surface area contributed by atoms with Crippen molar-refractivity contribution in [2.75, 3.05) is 13.7 Å². The van der Waals surface area contributed by atoms with E-state index in [1.807, 2.05) is 13.8 Å². The lowest BCUT2D eigenvalue weighted by atomic mass is 10.4. The molecule has 0 unspecified atom stereocenters. The van der Waals surface area contributed by atoms with Gasteiger partial charge in [0.05, 0.1) is 0 Å². The van der Waals surface area contributed by atoms with Crippen molar-refractivity contribution in [3.63, 3.8) is 0 Å². The Morgan fingerprint density at radius 2 is 2.22 bits per heavy atom. The minimum atomic E-state index is 0.264. The number of amidine groups is 1. The molecule has 0 radical (unpaired) electrons. The molecule has 0 amide bonds. The molecule has 0 atom stereocenters. The third kappa shape index (κ3) is 5.30. The van der Waals surface area contributed by atoms with Crippen LogP contribution < -0.4 is 5.73 Å². The van der Waals surface area contributed by atoms with Gasteiger partial charge in [0.15, 0.2) is 0 Å². The molecule has 0 aromatic heterocycles. The maximum Gasteiger partial charge on any atom is 0.120 e. The van der Waals surface area contributed by atoms with Gasteiger partial charge in [-0.25, -0.2) is 0 Å². The Balaban J connectivity index is 3.55. The molecule has 0 aliphatic heterocycles. The standard InChI is InChI=1S/C6H14N2O/c1-5(2)8-6(7)4-9-3/h5H,4H2,1-3H3,(H2,7,8). The molecule has 0 fully saturated rings. The number of ether oxygens (including phenoxy) is 1. The molecule has 0 spiro atoms. The smallest absolute Gasteiger partial charge is 0.120 e. The lowest BCUT2D eigenvalue weighted by molar-refractivity contribution is 0.244. The van der Waals surface area contributed by atoms with Crippen molar-refractivity contribution in [3.05, 3.63) is 0 Å². The highest BCUT2D eigenvalue weighted by Crippen LogP contribution is 1.84. The highest BCUT2D eigenvalue weighted by molar-refractivity contribution is 5.81. The van der Waals surface area contributed by atoms with E-state index in [1.165, 1.54) is 0 Å². The van der Waals surface area contributed by atoms with Crippen LogP contribution in [0.25, 0.3) is 0 Å². The molecule has 0 aliphatic carbocycles. The van der Waals surface area contributed by atoms with E-state index in [-0.39, 0.29) is 6.04 Å². The van der Waals surface area contributed by atoms with Crippen LogP contribution in [0.5, 0.6) is 0 Å². The first-order valence-corrected chi connectivity index (χ1v) is 2.98. The number of nitrogens with two attached hydrogens (primary N) is 1. The number of methoxy groups -OCH3 is 1. The summed E-state index contributed by atoms with van der Waals surface area (Å²) >= 11 is 0. The molecule has 0 bridgehead atoms. The summed E-state index contributed by atoms with van der Waals surface area (Å²) in [6, 6.07) is 0.264. The molecule has 0 heterocycles. The summed E-state index contributed by atoms with van der Waals surface area (Å²) in [6.45, 7) is 4.38. The predicted octanol–water partition coefficient (Wildman–Crippen LogP) is 0.398. The van der Waals surface area contributed by atoms with E-state index in [9.17, 15) is 0 Å². The summed E-state index contributed by atoms with van der Waals surface area (Å²) < 4.78 is 4.75. The van der Waals surface area contributed by atoms with E-state index >= 15 is 0 Å². The minimum absolute atomic E-state index is 0.264. The summed E-state index contributed by atoms with van der Waals surface area (Å²) in [5.41, 5.74) is 5.41. The first-order valence-electron chi connectivity index (χ1n) is 2.98. The fraction of sp³-hybridized carbons (Fsp3) is 0.833. The number of nitrogens with zero attached hydrogens (tertiary/aromatic N) is 1. The monoisotopic (exact) mass is 130 g/mol. The molecule has 3 nitrogen and oxygen atoms in total. The molecule has 54 valence electrons. The Bertz CT molecular complexity index is 99.2. The Labute approximate surface area is 55.9 Å². The van der Waals surface area contributed by atoms with Gasteiger partial charge in [0, 0.05) is 13.2 Å². The van der Waals surface area contributed by atoms with Crippen LogP contribution in [-0.2, 0) is 4.74 Å². The van der Waals surface area contributed by atoms with Crippen molar-refractivity contribution in [2.24, 2.45) is 10.7 Å². The van der Waals surface area contributed by atoms with Gasteiger partial charge in [0.2, 0.25) is 0 Å². The van der Waals surface area contributed by atoms with Gasteiger partial charge in [-0.2, -0.15) is 0 Å². The van der Waals surface area contributed by atoms with Crippen molar-refractivity contribution < 1.29 is 4.74 Å². The Hall–Kier alpha value is -0.570. The van der Waals surface area contributed by atoms with Gasteiger partial charge in [0.1, 0.15) is 12.4 Å². The fourth-order valence-electron chi connectivity index (χ4n) is 0.517. The second kappa shape index (κ2) is 4.32. The third-order valence-corrected chi connectivity index (χ3v) is 0.716. The Morgan fingerprint density at radius 3 is 2.56 bits per heavy atom. The van der Waals surface area contributed by atoms with Crippen molar-refractivity contribution in [1.29, 1.82) is 0 Å². The van der Waals surface area contributed by atoms with Crippen molar-refractivity contribution in [3.8, 4) is 0 Å². The maximum atomic E-state index is 5.41. The largest absolute Gasteiger partial charge is 0.386 e. The van der Waals surface area contributed by atoms with Crippen molar-refractivity contribution in [1.82, 2.24) is 0 Å². The molecule has 9 heavy (non-hydrogen) atoms. The zero-order valence-corrected chi connectivity index (χ0v) is 6.22. The summed E-state index contributed by atoms with van der Waals surface area (Å²) in [6.07, 6.45) is 0. The number of rotatable bonds is 3. The Morgan fingerprint density at radius 1 is 1.67 bits per heavy atom. The lowest BCUT2D eigenvalue weighted by Crippen LogP contribution is -2.19. The first kappa shape index (κ1) is 8.43. The molecule has 0 aliphatic rings. The van der Waals surface area contributed by atoms with E-state index < -0.39 is 0 Å². The van der Waals surface area contributed by atoms with Crippen LogP contribution in [0, 0.1) is 0 Å². The van der Waals surface area contributed by atoms with E-state index in [2.05, 4.69) is 4.99 Å². The highest BCUT2D eigenvalue weighted by Gasteiger charge is 1.90. The van der Waals surface area contributed by atoms with Crippen LogP contribution in [0.4, 0.5) is 0 Å². The number of aliphatic imine (C=N–C) groups is 1. The number of hydrogen-bond donors (Lipinski definition) is 1. The van der Waals surface area contributed by atoms with Gasteiger partial charge in [-0.1, -0.05) is 0 Å². The van der Waals surface area contributed by atoms with Gasteiger partial charge in [-0.15, -0.1) is 0 Å². The average molecular weight is 130 g/mol. The van der Waals surface area contributed by atoms with Crippen LogP contribution in [-0.4, -0.2) is 25.6 Å². The molecule has 2 N–H and O–H groups in total. The van der Waals surface area contributed by atoms with E-state index in [0.717, 1.165) is 0 Å². The summed E-state index contributed by atoms with van der Waals surface area (Å²) in [5, 5.41) is 0. The SMILES string of the molecule is COCC(N)=NC(C)C. The zero-order valence-electron chi connectivity index (χ0n) is 6.22. The molecular weight excluding hydrogens is 116 g/mol. The Kier molecular flexibility index (Phi) is 4.05. The third-order valence-electron chi connectivity index (χ3n) is 0.716. The quantitative estimate of drug-likeness (QED) is 0.444. The predicted molar refractivity (Wildman–Crippen MR) is 38.6 cm³/mol. The minimum Gasteiger partial charge on any atom is -0.386 e. The second-order valence-electron chi connectivity index (χ2n) is 2.15. The first-order chi connectivity index (χ1) is 4.16. The summed E-state index contributed by atoms with van der Waals surface area (Å²) in [4.78, 5) is 4.04. The number of hydrogen-bond acceptors (Lipinski definition) is 2. The molecule has 0 saturated heterocycles. The van der Waals surface area contributed by atoms with Crippen molar-refractivity contribution >= 4 is 5.84 Å². The van der Waals surface area contributed by atoms with Crippen LogP contribution in [0.15, 0.2) is 4.99 Å². The normalized spacial score (nSPS) is 12.7. The average Bonchev–Trinajstić information content (AvgIpc) is 1.63. The maximum absolute atomic E-state index is 5.41. The summed E-state index contributed by atoms with van der Waals surface area (Å²) in [5.74, 6) is 0.563. The van der Waals surface area contributed by atoms with Gasteiger partial charge in [-0.05, 0) is 13.8 Å². The zero-order chi connectivity index (χ0) is 7.28. The van der Waals surface area contributed by atoms with Gasteiger partial charge in [-0.3, -0.25) is 4.99 Å². The van der Waals surface area contributed by atoms with E-state index in [0.29, 0.717) is 12.4 Å². The molecule has 0 aromatic rings. The van der Waals surface area contributed by atoms with Gasteiger partial charge >= 0.3 is 0 Å². The van der Waals surface area contributed by atoms with Gasteiger partial charge < -0.3 is 10.5 Å². The van der Waals surface area contributed by atoms with Crippen LogP contribution in [0.3, 0.4) is 0 Å². The molecular formula is C6H14N2O. The van der Waals surface area contributed by atoms with Crippen LogP contribution >= 0.6 is 0 Å². The van der Waals surface area contributed by atoms with Crippen LogP contribution in [0.1, 0.15) is 13.8 Å².